The molecule has 2 saturated heterocycles. The number of nitrogens with one attached hydrogen (secondary N) is 3. The van der Waals surface area contributed by atoms with E-state index in [0.29, 0.717) is 34.5 Å². The molecule has 1 atom stereocenters. The summed E-state index contributed by atoms with van der Waals surface area (Å²) in [5, 5.41) is 6.71. The summed E-state index contributed by atoms with van der Waals surface area (Å²) in [6.45, 7) is 3.08. The second kappa shape index (κ2) is 10.6. The van der Waals surface area contributed by atoms with Gasteiger partial charge in [0.2, 0.25) is 0 Å². The van der Waals surface area contributed by atoms with Crippen LogP contribution >= 0.6 is 12.2 Å². The van der Waals surface area contributed by atoms with Gasteiger partial charge in [0.15, 0.2) is 5.11 Å². The highest BCUT2D eigenvalue weighted by molar-refractivity contribution is 7.93. The molecule has 0 amide bonds. The maximum Gasteiger partial charge on any atom is 0.264 e. The first kappa shape index (κ1) is 23.6. The van der Waals surface area contributed by atoms with Gasteiger partial charge in [-0.2, -0.15) is 0 Å². The van der Waals surface area contributed by atoms with Crippen LogP contribution in [0, 0.1) is 0 Å². The summed E-state index contributed by atoms with van der Waals surface area (Å²) >= 11 is 5.41. The molecule has 0 aliphatic carbocycles. The fourth-order valence-electron chi connectivity index (χ4n) is 4.08. The highest BCUT2D eigenvalue weighted by Crippen LogP contribution is 2.32. The van der Waals surface area contributed by atoms with Crippen LogP contribution in [0.25, 0.3) is 0 Å². The van der Waals surface area contributed by atoms with Crippen molar-refractivity contribution in [1.29, 1.82) is 0 Å². The quantitative estimate of drug-likeness (QED) is 0.484. The van der Waals surface area contributed by atoms with Crippen LogP contribution in [-0.2, 0) is 14.8 Å². The van der Waals surface area contributed by atoms with Crippen LogP contribution in [-0.4, -0.2) is 53.0 Å². The van der Waals surface area contributed by atoms with Gasteiger partial charge in [0, 0.05) is 37.6 Å². The fourth-order valence-corrected chi connectivity index (χ4v) is 5.59. The van der Waals surface area contributed by atoms with Crippen molar-refractivity contribution in [3.63, 3.8) is 0 Å². The number of sulfonamides is 1. The first-order valence-corrected chi connectivity index (χ1v) is 13.1. The van der Waals surface area contributed by atoms with E-state index in [4.69, 9.17) is 21.7 Å². The van der Waals surface area contributed by atoms with E-state index in [1.54, 1.807) is 37.4 Å². The predicted octanol–water partition coefficient (Wildman–Crippen LogP) is 3.56. The third-order valence-corrected chi connectivity index (χ3v) is 7.47. The smallest absolute Gasteiger partial charge is 0.264 e. The highest BCUT2D eigenvalue weighted by Gasteiger charge is 2.25. The van der Waals surface area contributed by atoms with Gasteiger partial charge in [0.1, 0.15) is 10.6 Å². The molecule has 3 N–H and O–H groups in total. The Kier molecular flexibility index (Phi) is 7.56. The van der Waals surface area contributed by atoms with E-state index in [2.05, 4.69) is 20.3 Å². The lowest BCUT2D eigenvalue weighted by Crippen LogP contribution is -2.34. The lowest BCUT2D eigenvalue weighted by molar-refractivity contribution is 0.114. The standard InChI is InChI=1S/C23H30N4O4S2/c1-30-19-9-6-17(7-10-19)26-33(28,29)22-15-18(8-11-21(22)27-12-2-3-13-27)25-23(32)24-16-20-5-4-14-31-20/h6-11,15,20,26H,2-5,12-14,16H2,1H3,(H2,24,25,32)/t20-/m0/s1. The van der Waals surface area contributed by atoms with E-state index < -0.39 is 10.0 Å². The Bertz CT molecular complexity index is 1060. The van der Waals surface area contributed by atoms with Gasteiger partial charge in [-0.1, -0.05) is 0 Å². The number of rotatable bonds is 8. The highest BCUT2D eigenvalue weighted by atomic mass is 32.2. The van der Waals surface area contributed by atoms with E-state index in [0.717, 1.165) is 45.4 Å². The molecule has 0 unspecified atom stereocenters. The minimum Gasteiger partial charge on any atom is -0.497 e. The van der Waals surface area contributed by atoms with Crippen molar-refractivity contribution >= 4 is 44.4 Å². The molecule has 2 fully saturated rings. The molecule has 2 heterocycles. The van der Waals surface area contributed by atoms with Gasteiger partial charge in [-0.15, -0.1) is 0 Å². The van der Waals surface area contributed by atoms with Gasteiger partial charge in [-0.05, 0) is 80.4 Å². The average molecular weight is 491 g/mol. The van der Waals surface area contributed by atoms with Crippen LogP contribution in [0.4, 0.5) is 17.1 Å². The van der Waals surface area contributed by atoms with Crippen LogP contribution in [0.1, 0.15) is 25.7 Å². The minimum absolute atomic E-state index is 0.159. The van der Waals surface area contributed by atoms with Gasteiger partial charge in [-0.25, -0.2) is 8.42 Å². The first-order valence-electron chi connectivity index (χ1n) is 11.2. The van der Waals surface area contributed by atoms with Crippen LogP contribution in [0.15, 0.2) is 47.4 Å². The van der Waals surface area contributed by atoms with Crippen molar-refractivity contribution in [2.24, 2.45) is 0 Å². The van der Waals surface area contributed by atoms with Gasteiger partial charge < -0.3 is 25.0 Å². The van der Waals surface area contributed by atoms with Gasteiger partial charge in [0.05, 0.1) is 18.9 Å². The molecule has 33 heavy (non-hydrogen) atoms. The fraction of sp³-hybridized carbons (Fsp3) is 0.435. The average Bonchev–Trinajstić information content (AvgIpc) is 3.52. The molecule has 8 nitrogen and oxygen atoms in total. The Hall–Kier alpha value is -2.56. The number of thiocarbonyl (C=S) groups is 1. The first-order chi connectivity index (χ1) is 15.9. The summed E-state index contributed by atoms with van der Waals surface area (Å²) in [7, 11) is -2.27. The molecular formula is C23H30N4O4S2. The molecule has 0 aromatic heterocycles. The zero-order chi connectivity index (χ0) is 23.3. The normalized spacial score (nSPS) is 18.2. The summed E-state index contributed by atoms with van der Waals surface area (Å²) in [6, 6.07) is 12.1. The summed E-state index contributed by atoms with van der Waals surface area (Å²) in [5.41, 5.74) is 1.77. The number of anilines is 3. The van der Waals surface area contributed by atoms with Crippen molar-refractivity contribution in [2.75, 3.05) is 48.3 Å². The van der Waals surface area contributed by atoms with Crippen molar-refractivity contribution in [3.8, 4) is 5.75 Å². The van der Waals surface area contributed by atoms with Crippen molar-refractivity contribution in [2.45, 2.75) is 36.7 Å². The summed E-state index contributed by atoms with van der Waals surface area (Å²) < 4.78 is 40.3. The van der Waals surface area contributed by atoms with Crippen LogP contribution < -0.4 is 25.0 Å². The zero-order valence-electron chi connectivity index (χ0n) is 18.7. The molecule has 2 aliphatic heterocycles. The van der Waals surface area contributed by atoms with Gasteiger partial charge in [-0.3, -0.25) is 4.72 Å². The Morgan fingerprint density at radius 2 is 1.85 bits per heavy atom. The number of hydrogen-bond donors (Lipinski definition) is 3. The molecule has 2 aliphatic rings. The third-order valence-electron chi connectivity index (χ3n) is 5.81. The molecule has 0 saturated carbocycles. The number of methoxy groups -OCH3 is 1. The molecule has 0 spiro atoms. The lowest BCUT2D eigenvalue weighted by Gasteiger charge is -2.23. The molecule has 2 aromatic rings. The monoisotopic (exact) mass is 490 g/mol. The predicted molar refractivity (Wildman–Crippen MR) is 135 cm³/mol. The van der Waals surface area contributed by atoms with E-state index >= 15 is 0 Å². The molecular weight excluding hydrogens is 460 g/mol. The molecule has 0 bridgehead atoms. The molecule has 0 radical (unpaired) electrons. The molecule has 178 valence electrons. The summed E-state index contributed by atoms with van der Waals surface area (Å²) in [6.07, 6.45) is 4.32. The molecule has 4 rings (SSSR count). The van der Waals surface area contributed by atoms with Gasteiger partial charge in [0.25, 0.3) is 10.0 Å². The van der Waals surface area contributed by atoms with Gasteiger partial charge >= 0.3 is 0 Å². The Morgan fingerprint density at radius 1 is 1.12 bits per heavy atom. The maximum atomic E-state index is 13.4. The number of benzene rings is 2. The third kappa shape index (κ3) is 6.07. The number of ether oxygens (including phenoxy) is 2. The maximum absolute atomic E-state index is 13.4. The van der Waals surface area contributed by atoms with Crippen molar-refractivity contribution in [3.05, 3.63) is 42.5 Å². The number of hydrogen-bond acceptors (Lipinski definition) is 6. The largest absolute Gasteiger partial charge is 0.497 e. The zero-order valence-corrected chi connectivity index (χ0v) is 20.3. The Balaban J connectivity index is 1.54. The van der Waals surface area contributed by atoms with Crippen LogP contribution in [0.3, 0.4) is 0 Å². The summed E-state index contributed by atoms with van der Waals surface area (Å²) in [5.74, 6) is 0.658. The lowest BCUT2D eigenvalue weighted by atomic mass is 10.2. The van der Waals surface area contributed by atoms with E-state index in [9.17, 15) is 8.42 Å². The Labute approximate surface area is 200 Å². The van der Waals surface area contributed by atoms with Crippen LogP contribution in [0.5, 0.6) is 5.75 Å². The summed E-state index contributed by atoms with van der Waals surface area (Å²) in [4.78, 5) is 2.33. The van der Waals surface area contributed by atoms with E-state index in [-0.39, 0.29) is 11.0 Å². The van der Waals surface area contributed by atoms with Crippen molar-refractivity contribution in [1.82, 2.24) is 5.32 Å². The van der Waals surface area contributed by atoms with E-state index in [1.807, 2.05) is 12.1 Å². The van der Waals surface area contributed by atoms with Crippen LogP contribution in [0.2, 0.25) is 0 Å². The topological polar surface area (TPSA) is 91.9 Å². The van der Waals surface area contributed by atoms with Crippen molar-refractivity contribution < 1.29 is 17.9 Å². The second-order valence-corrected chi connectivity index (χ2v) is 10.2. The second-order valence-electron chi connectivity index (χ2n) is 8.18. The minimum atomic E-state index is -3.84. The van der Waals surface area contributed by atoms with E-state index in [1.165, 1.54) is 0 Å². The Morgan fingerprint density at radius 3 is 2.52 bits per heavy atom. The molecule has 10 heteroatoms. The SMILES string of the molecule is COc1ccc(NS(=O)(=O)c2cc(NC(=S)NC[C@@H]3CCCO3)ccc2N2CCCC2)cc1. The number of nitrogens with zero attached hydrogens (tertiary/aromatic N) is 1. The molecule has 2 aromatic carbocycles.